The molecule has 4 saturated carbocycles. The molecule has 34 heavy (non-hydrogen) atoms. The molecule has 5 nitrogen and oxygen atoms in total. The van der Waals surface area contributed by atoms with Gasteiger partial charge in [0.15, 0.2) is 18.7 Å². The topological polar surface area (TPSA) is 61.8 Å². The predicted molar refractivity (Wildman–Crippen MR) is 130 cm³/mol. The van der Waals surface area contributed by atoms with E-state index in [0.29, 0.717) is 17.4 Å². The highest BCUT2D eigenvalue weighted by atomic mass is 16.7. The van der Waals surface area contributed by atoms with Gasteiger partial charge in [0.05, 0.1) is 6.10 Å². The molecule has 0 aromatic rings. The molecule has 190 valence electrons. The molecule has 0 unspecified atom stereocenters. The maximum Gasteiger partial charge on any atom is 0.330 e. The van der Waals surface area contributed by atoms with Crippen LogP contribution in [0.25, 0.3) is 0 Å². The van der Waals surface area contributed by atoms with Crippen molar-refractivity contribution in [3.63, 3.8) is 0 Å². The van der Waals surface area contributed by atoms with Gasteiger partial charge in [-0.1, -0.05) is 20.4 Å². The van der Waals surface area contributed by atoms with Crippen molar-refractivity contribution in [3.8, 4) is 0 Å². The summed E-state index contributed by atoms with van der Waals surface area (Å²) in [5.74, 6) is 2.51. The molecule has 0 aromatic carbocycles. The van der Waals surface area contributed by atoms with Crippen LogP contribution in [0.4, 0.5) is 0 Å². The van der Waals surface area contributed by atoms with E-state index in [4.69, 9.17) is 14.2 Å². The molecule has 5 fully saturated rings. The first-order valence-electron chi connectivity index (χ1n) is 13.9. The Morgan fingerprint density at radius 3 is 2.53 bits per heavy atom. The molecule has 5 aliphatic rings. The number of carbonyl (C=O) groups excluding carboxylic acids is 2. The second kappa shape index (κ2) is 9.69. The zero-order chi connectivity index (χ0) is 23.9. The van der Waals surface area contributed by atoms with Gasteiger partial charge in [0.1, 0.15) is 0 Å². The smallest absolute Gasteiger partial charge is 0.330 e. The van der Waals surface area contributed by atoms with Gasteiger partial charge in [0, 0.05) is 18.6 Å². The van der Waals surface area contributed by atoms with Gasteiger partial charge in [0.2, 0.25) is 0 Å². The Bertz CT molecular complexity index is 787. The summed E-state index contributed by atoms with van der Waals surface area (Å²) in [6.07, 6.45) is 15.6. The van der Waals surface area contributed by atoms with Crippen LogP contribution in [0.3, 0.4) is 0 Å². The van der Waals surface area contributed by atoms with Crippen LogP contribution in [-0.2, 0) is 23.8 Å². The van der Waals surface area contributed by atoms with Crippen molar-refractivity contribution in [1.29, 1.82) is 0 Å². The number of ether oxygens (including phenoxy) is 3. The van der Waals surface area contributed by atoms with Crippen LogP contribution >= 0.6 is 0 Å². The summed E-state index contributed by atoms with van der Waals surface area (Å²) in [6.45, 7) is 9.13. The Kier molecular flexibility index (Phi) is 6.98. The van der Waals surface area contributed by atoms with Gasteiger partial charge < -0.3 is 14.2 Å². The lowest BCUT2D eigenvalue weighted by molar-refractivity contribution is -0.212. The molecule has 5 heteroatoms. The van der Waals surface area contributed by atoms with E-state index in [1.807, 2.05) is 0 Å². The molecule has 1 saturated heterocycles. The Hall–Kier alpha value is -1.20. The summed E-state index contributed by atoms with van der Waals surface area (Å²) in [5.41, 5.74) is 0.458. The largest absolute Gasteiger partial charge is 0.455 e. The fraction of sp³-hybridized carbons (Fsp3) is 0.862. The average molecular weight is 473 g/mol. The molecule has 1 aliphatic heterocycles. The summed E-state index contributed by atoms with van der Waals surface area (Å²) >= 11 is 0. The first-order valence-corrected chi connectivity index (χ1v) is 13.9. The first kappa shape index (κ1) is 24.5. The molecule has 9 atom stereocenters. The lowest BCUT2D eigenvalue weighted by atomic mass is 9.44. The first-order chi connectivity index (χ1) is 16.3. The Morgan fingerprint density at radius 2 is 1.76 bits per heavy atom. The highest BCUT2D eigenvalue weighted by Gasteiger charge is 2.61. The van der Waals surface area contributed by atoms with Gasteiger partial charge >= 0.3 is 5.97 Å². The normalized spacial score (nSPS) is 46.0. The number of carbonyl (C=O) groups is 2. The van der Waals surface area contributed by atoms with Crippen molar-refractivity contribution in [2.75, 3.05) is 13.2 Å². The van der Waals surface area contributed by atoms with E-state index in [2.05, 4.69) is 20.4 Å². The van der Waals surface area contributed by atoms with Crippen molar-refractivity contribution in [2.24, 2.45) is 40.4 Å². The summed E-state index contributed by atoms with van der Waals surface area (Å²) in [5, 5.41) is 0. The van der Waals surface area contributed by atoms with Crippen molar-refractivity contribution in [3.05, 3.63) is 12.7 Å². The maximum absolute atomic E-state index is 13.0. The van der Waals surface area contributed by atoms with Gasteiger partial charge in [0.25, 0.3) is 0 Å². The van der Waals surface area contributed by atoms with Gasteiger partial charge in [-0.15, -0.1) is 0 Å². The molecule has 4 aliphatic carbocycles. The molecule has 0 amide bonds. The number of hydrogen-bond acceptors (Lipinski definition) is 5. The van der Waals surface area contributed by atoms with Gasteiger partial charge in [-0.05, 0) is 112 Å². The number of esters is 1. The van der Waals surface area contributed by atoms with Crippen LogP contribution < -0.4 is 0 Å². The molecule has 0 spiro atoms. The number of Topliss-reactive ketones (excluding diaryl/α,β-unsaturated/α-hetero) is 1. The quantitative estimate of drug-likeness (QED) is 0.275. The SMILES string of the molecule is C=CC(=O)OCC(=O)[C@H]1CC[C@H]2[C@@H]3CC[C@H]4C[C@H](O[C@@H]5CCCCO5)CC[C@]4(C)[C@@H]3CC[C@]12C. The number of rotatable bonds is 6. The number of ketones is 1. The highest BCUT2D eigenvalue weighted by molar-refractivity contribution is 5.88. The maximum atomic E-state index is 13.0. The zero-order valence-electron chi connectivity index (χ0n) is 21.3. The minimum atomic E-state index is -0.502. The summed E-state index contributed by atoms with van der Waals surface area (Å²) in [4.78, 5) is 24.5. The van der Waals surface area contributed by atoms with E-state index >= 15 is 0 Å². The van der Waals surface area contributed by atoms with Gasteiger partial charge in [-0.25, -0.2) is 4.79 Å². The fourth-order valence-electron chi connectivity index (χ4n) is 9.21. The molecular formula is C29H44O5. The second-order valence-electron chi connectivity index (χ2n) is 12.4. The summed E-state index contributed by atoms with van der Waals surface area (Å²) < 4.78 is 17.4. The highest BCUT2D eigenvalue weighted by Crippen LogP contribution is 2.67. The third-order valence-electron chi connectivity index (χ3n) is 11.0. The van der Waals surface area contributed by atoms with Crippen LogP contribution in [0.1, 0.15) is 90.9 Å². The van der Waals surface area contributed by atoms with Crippen LogP contribution in [0.5, 0.6) is 0 Å². The summed E-state index contributed by atoms with van der Waals surface area (Å²) in [7, 11) is 0. The molecular weight excluding hydrogens is 428 g/mol. The molecule has 0 bridgehead atoms. The van der Waals surface area contributed by atoms with E-state index < -0.39 is 5.97 Å². The lowest BCUT2D eigenvalue weighted by Crippen LogP contribution is -2.54. The van der Waals surface area contributed by atoms with E-state index in [0.717, 1.165) is 62.5 Å². The monoisotopic (exact) mass is 472 g/mol. The average Bonchev–Trinajstić information content (AvgIpc) is 3.20. The van der Waals surface area contributed by atoms with E-state index in [1.54, 1.807) is 0 Å². The van der Waals surface area contributed by atoms with Crippen LogP contribution in [0.15, 0.2) is 12.7 Å². The molecule has 0 aromatic heterocycles. The standard InChI is InChI=1S/C29H44O5/c1-4-26(31)33-18-25(30)24-11-10-22-21-9-8-19-17-20(34-27-7-5-6-16-32-27)12-14-28(19,2)23(21)13-15-29(22,24)3/h4,19-24,27H,1,5-18H2,2-3H3/t19-,20+,21-,22-,23+,24+,27+,28-,29-/m0/s1. The zero-order valence-corrected chi connectivity index (χ0v) is 21.3. The predicted octanol–water partition coefficient (Wildman–Crippen LogP) is 5.86. The number of hydrogen-bond donors (Lipinski definition) is 0. The van der Waals surface area contributed by atoms with Crippen LogP contribution in [0.2, 0.25) is 0 Å². The Balaban J connectivity index is 1.23. The molecule has 0 radical (unpaired) electrons. The van der Waals surface area contributed by atoms with Crippen molar-refractivity contribution in [1.82, 2.24) is 0 Å². The van der Waals surface area contributed by atoms with Crippen molar-refractivity contribution < 1.29 is 23.8 Å². The molecule has 0 N–H and O–H groups in total. The van der Waals surface area contributed by atoms with Crippen molar-refractivity contribution >= 4 is 11.8 Å². The third kappa shape index (κ3) is 4.30. The molecule has 5 rings (SSSR count). The second-order valence-corrected chi connectivity index (χ2v) is 12.4. The van der Waals surface area contributed by atoms with E-state index in [-0.39, 0.29) is 30.0 Å². The summed E-state index contributed by atoms with van der Waals surface area (Å²) in [6, 6.07) is 0. The van der Waals surface area contributed by atoms with Gasteiger partial charge in [-0.3, -0.25) is 4.79 Å². The van der Waals surface area contributed by atoms with E-state index in [1.165, 1.54) is 44.9 Å². The fourth-order valence-corrected chi connectivity index (χ4v) is 9.21. The van der Waals surface area contributed by atoms with Crippen molar-refractivity contribution in [2.45, 2.75) is 103 Å². The third-order valence-corrected chi connectivity index (χ3v) is 11.0. The van der Waals surface area contributed by atoms with Crippen LogP contribution in [0, 0.1) is 40.4 Å². The minimum absolute atomic E-state index is 0.0218. The van der Waals surface area contributed by atoms with Crippen LogP contribution in [-0.4, -0.2) is 37.4 Å². The minimum Gasteiger partial charge on any atom is -0.455 e. The van der Waals surface area contributed by atoms with E-state index in [9.17, 15) is 9.59 Å². The molecule has 1 heterocycles. The van der Waals surface area contributed by atoms with Gasteiger partial charge in [-0.2, -0.15) is 0 Å². The Labute approximate surface area is 205 Å². The Morgan fingerprint density at radius 1 is 0.971 bits per heavy atom. The number of fused-ring (bicyclic) bond motifs is 5. The lowest BCUT2D eigenvalue weighted by Gasteiger charge is -2.61.